The van der Waals surface area contributed by atoms with Crippen molar-refractivity contribution in [3.05, 3.63) is 158 Å². The fourth-order valence-electron chi connectivity index (χ4n) is 5.96. The SMILES string of the molecule is [C-]#[N+]/C(C#N)=C1C2=C(/C(=C(\C#N)[N+]#[C-])c3c2cccc3-c2ccc(F)cc2[N+]#[C-])c2cccc(-c3ccc(F)cc3C#N)c2\1. The van der Waals surface area contributed by atoms with Gasteiger partial charge in [0, 0.05) is 16.7 Å². The third-order valence-electron chi connectivity index (χ3n) is 7.59. The third kappa shape index (κ3) is 3.79. The number of nitrogens with zero attached hydrogens (tertiary/aromatic N) is 6. The summed E-state index contributed by atoms with van der Waals surface area (Å²) in [6.07, 6.45) is 0. The molecule has 2 aliphatic carbocycles. The number of hydrogen-bond acceptors (Lipinski definition) is 3. The van der Waals surface area contributed by atoms with Gasteiger partial charge in [-0.2, -0.15) is 5.26 Å². The van der Waals surface area contributed by atoms with Crippen LogP contribution in [0.5, 0.6) is 0 Å². The quantitative estimate of drug-likeness (QED) is 0.179. The number of rotatable bonds is 2. The molecule has 0 fully saturated rings. The van der Waals surface area contributed by atoms with Crippen LogP contribution >= 0.6 is 0 Å². The monoisotopic (exact) mass is 566 g/mol. The Morgan fingerprint density at radius 1 is 0.591 bits per heavy atom. The van der Waals surface area contributed by atoms with Gasteiger partial charge in [0.2, 0.25) is 0 Å². The van der Waals surface area contributed by atoms with Crippen LogP contribution in [0.3, 0.4) is 0 Å². The fourth-order valence-corrected chi connectivity index (χ4v) is 5.96. The first kappa shape index (κ1) is 27.1. The molecule has 0 unspecified atom stereocenters. The lowest BCUT2D eigenvalue weighted by molar-refractivity contribution is 0.627. The first-order chi connectivity index (χ1) is 21.4. The van der Waals surface area contributed by atoms with Crippen molar-refractivity contribution < 1.29 is 8.78 Å². The summed E-state index contributed by atoms with van der Waals surface area (Å²) in [6.45, 7) is 23.4. The molecule has 4 aromatic carbocycles. The first-order valence-electron chi connectivity index (χ1n) is 12.9. The van der Waals surface area contributed by atoms with Crippen molar-refractivity contribution in [3.8, 4) is 40.5 Å². The average molecular weight is 567 g/mol. The van der Waals surface area contributed by atoms with Crippen molar-refractivity contribution in [2.45, 2.75) is 0 Å². The molecule has 0 saturated heterocycles. The summed E-state index contributed by atoms with van der Waals surface area (Å²) >= 11 is 0. The molecule has 8 heteroatoms. The van der Waals surface area contributed by atoms with E-state index in [0.717, 1.165) is 12.1 Å². The molecule has 0 spiro atoms. The van der Waals surface area contributed by atoms with Gasteiger partial charge >= 0.3 is 0 Å². The molecule has 0 amide bonds. The van der Waals surface area contributed by atoms with Crippen LogP contribution in [-0.2, 0) is 0 Å². The molecule has 0 saturated carbocycles. The second-order valence-electron chi connectivity index (χ2n) is 9.68. The van der Waals surface area contributed by atoms with E-state index >= 15 is 0 Å². The summed E-state index contributed by atoms with van der Waals surface area (Å²) in [7, 11) is 0. The summed E-state index contributed by atoms with van der Waals surface area (Å²) in [5.41, 5.74) is 4.54. The maximum Gasteiger partial charge on any atom is 0.270 e. The van der Waals surface area contributed by atoms with Gasteiger partial charge in [-0.3, -0.25) is 0 Å². The van der Waals surface area contributed by atoms with Gasteiger partial charge < -0.3 is 0 Å². The highest BCUT2D eigenvalue weighted by Gasteiger charge is 2.42. The Morgan fingerprint density at radius 3 is 1.55 bits per heavy atom. The van der Waals surface area contributed by atoms with Crippen LogP contribution in [0.25, 0.3) is 59.1 Å². The van der Waals surface area contributed by atoms with Gasteiger partial charge in [-0.15, -0.1) is 0 Å². The number of allylic oxidation sites excluding steroid dienone is 6. The lowest BCUT2D eigenvalue weighted by Crippen LogP contribution is -2.00. The van der Waals surface area contributed by atoms with E-state index in [2.05, 4.69) is 14.5 Å². The van der Waals surface area contributed by atoms with Crippen LogP contribution in [0.1, 0.15) is 27.8 Å². The van der Waals surface area contributed by atoms with E-state index < -0.39 is 11.6 Å². The number of halogens is 2. The number of nitriles is 3. The summed E-state index contributed by atoms with van der Waals surface area (Å²) in [5, 5.41) is 30.1. The molecular formula is C36H12F2N6. The summed E-state index contributed by atoms with van der Waals surface area (Å²) in [4.78, 5) is 10.6. The highest BCUT2D eigenvalue weighted by Crippen LogP contribution is 2.62. The van der Waals surface area contributed by atoms with Gasteiger partial charge in [-0.1, -0.05) is 48.5 Å². The van der Waals surface area contributed by atoms with E-state index in [1.165, 1.54) is 24.3 Å². The molecule has 44 heavy (non-hydrogen) atoms. The Kier molecular flexibility index (Phi) is 6.39. The van der Waals surface area contributed by atoms with E-state index in [4.69, 9.17) is 19.7 Å². The van der Waals surface area contributed by atoms with Crippen LogP contribution in [0.15, 0.2) is 84.2 Å². The summed E-state index contributed by atoms with van der Waals surface area (Å²) in [5.74, 6) is -1.20. The molecular weight excluding hydrogens is 554 g/mol. The molecule has 6 rings (SSSR count). The third-order valence-corrected chi connectivity index (χ3v) is 7.59. The zero-order chi connectivity index (χ0) is 31.1. The Bertz CT molecular complexity index is 2170. The number of hydrogen-bond donors (Lipinski definition) is 0. The minimum absolute atomic E-state index is 0.0313. The highest BCUT2D eigenvalue weighted by atomic mass is 19.1. The lowest BCUT2D eigenvalue weighted by atomic mass is 9.83. The topological polar surface area (TPSA) is 84.4 Å². The average Bonchev–Trinajstić information content (AvgIpc) is 3.56. The van der Waals surface area contributed by atoms with Crippen LogP contribution < -0.4 is 0 Å². The first-order valence-corrected chi connectivity index (χ1v) is 12.9. The van der Waals surface area contributed by atoms with Crippen molar-refractivity contribution in [1.29, 1.82) is 15.8 Å². The molecule has 0 N–H and O–H groups in total. The van der Waals surface area contributed by atoms with Gasteiger partial charge in [-0.25, -0.2) is 33.8 Å². The maximum atomic E-state index is 14.1. The summed E-state index contributed by atoms with van der Waals surface area (Å²) < 4.78 is 28.2. The van der Waals surface area contributed by atoms with Crippen molar-refractivity contribution in [3.63, 3.8) is 0 Å². The molecule has 0 atom stereocenters. The smallest absolute Gasteiger partial charge is 0.237 e. The van der Waals surface area contributed by atoms with Crippen LogP contribution in [0, 0.1) is 65.3 Å². The second kappa shape index (κ2) is 10.4. The van der Waals surface area contributed by atoms with Crippen molar-refractivity contribution in [2.75, 3.05) is 0 Å². The number of benzene rings is 4. The van der Waals surface area contributed by atoms with Crippen LogP contribution in [-0.4, -0.2) is 0 Å². The normalized spacial score (nSPS) is 14.5. The molecule has 0 heterocycles. The molecule has 6 nitrogen and oxygen atoms in total. The largest absolute Gasteiger partial charge is 0.270 e. The van der Waals surface area contributed by atoms with E-state index in [1.807, 2.05) is 18.2 Å². The maximum absolute atomic E-state index is 14.1. The van der Waals surface area contributed by atoms with Crippen molar-refractivity contribution in [1.82, 2.24) is 0 Å². The number of fused-ring (bicyclic) bond motifs is 4. The molecule has 200 valence electrons. The molecule has 4 aromatic rings. The van der Waals surface area contributed by atoms with Crippen molar-refractivity contribution in [2.24, 2.45) is 0 Å². The summed E-state index contributed by atoms with van der Waals surface area (Å²) in [6, 6.07) is 23.8. The minimum Gasteiger partial charge on any atom is -0.237 e. The zero-order valence-electron chi connectivity index (χ0n) is 22.4. The van der Waals surface area contributed by atoms with E-state index in [9.17, 15) is 24.6 Å². The van der Waals surface area contributed by atoms with Gasteiger partial charge in [0.1, 0.15) is 11.6 Å². The van der Waals surface area contributed by atoms with Crippen LogP contribution in [0.2, 0.25) is 0 Å². The Hall–Kier alpha value is -7.10. The molecule has 0 aromatic heterocycles. The second-order valence-corrected chi connectivity index (χ2v) is 9.68. The Morgan fingerprint density at radius 2 is 1.07 bits per heavy atom. The minimum atomic E-state index is -0.602. The molecule has 0 radical (unpaired) electrons. The van der Waals surface area contributed by atoms with Gasteiger partial charge in [0.15, 0.2) is 5.69 Å². The Labute approximate surface area is 250 Å². The fraction of sp³-hybridized carbons (Fsp3) is 0. The molecule has 0 aliphatic heterocycles. The lowest BCUT2D eigenvalue weighted by Gasteiger charge is -2.19. The van der Waals surface area contributed by atoms with Gasteiger partial charge in [-0.05, 0) is 74.4 Å². The Balaban J connectivity index is 1.78. The zero-order valence-corrected chi connectivity index (χ0v) is 22.4. The van der Waals surface area contributed by atoms with E-state index in [-0.39, 0.29) is 33.8 Å². The van der Waals surface area contributed by atoms with Crippen LogP contribution in [0.4, 0.5) is 14.5 Å². The van der Waals surface area contributed by atoms with E-state index in [0.29, 0.717) is 55.7 Å². The van der Waals surface area contributed by atoms with Gasteiger partial charge in [0.25, 0.3) is 11.4 Å². The standard InChI is InChI=1S/C36H12F2N6/c1-42-28-15-21(38)11-13-23(28)25-7-5-9-27-32(25)36(30(18-41)44-3)33-26-8-4-6-24(22-12-10-20(37)14-19(22)16-39)31(26)35(34(27)33)29(17-40)43-2/h4-15H/b35-29-,36-30+. The highest BCUT2D eigenvalue weighted by molar-refractivity contribution is 6.39. The molecule has 0 bridgehead atoms. The predicted octanol–water partition coefficient (Wildman–Crippen LogP) is 8.97. The van der Waals surface area contributed by atoms with E-state index in [1.54, 1.807) is 36.4 Å². The van der Waals surface area contributed by atoms with Gasteiger partial charge in [0.05, 0.1) is 43.5 Å². The van der Waals surface area contributed by atoms with Crippen molar-refractivity contribution >= 4 is 28.0 Å². The predicted molar refractivity (Wildman–Crippen MR) is 160 cm³/mol. The molecule has 2 aliphatic rings.